The maximum Gasteiger partial charge on any atom is 0.261 e. The number of amides is 1. The Hall–Kier alpha value is -1.41. The zero-order valence-electron chi connectivity index (χ0n) is 13.2. The molecule has 0 aromatic carbocycles. The molecular weight excluding hydrogens is 304 g/mol. The number of sulfonamides is 1. The van der Waals surface area contributed by atoms with E-state index in [4.69, 9.17) is 0 Å². The van der Waals surface area contributed by atoms with Gasteiger partial charge in [-0.3, -0.25) is 9.48 Å². The minimum absolute atomic E-state index is 0.0698. The Morgan fingerprint density at radius 1 is 1.18 bits per heavy atom. The van der Waals surface area contributed by atoms with Gasteiger partial charge in [-0.15, -0.1) is 0 Å². The lowest BCUT2D eigenvalue weighted by molar-refractivity contribution is -0.142. The van der Waals surface area contributed by atoms with Crippen molar-refractivity contribution in [3.8, 4) is 0 Å². The van der Waals surface area contributed by atoms with E-state index in [2.05, 4.69) is 5.10 Å². The number of likely N-dealkylation sites (tertiary alicyclic amines) is 1. The lowest BCUT2D eigenvalue weighted by atomic mass is 9.87. The summed E-state index contributed by atoms with van der Waals surface area (Å²) in [7, 11) is -0.361. The summed E-state index contributed by atoms with van der Waals surface area (Å²) in [5.41, 5.74) is -0.288. The van der Waals surface area contributed by atoms with Crippen molar-refractivity contribution in [2.75, 3.05) is 20.1 Å². The number of carbonyl (C=O) groups excluding carboxylic acids is 1. The van der Waals surface area contributed by atoms with Crippen molar-refractivity contribution in [3.63, 3.8) is 0 Å². The molecule has 2 aliphatic rings. The van der Waals surface area contributed by atoms with Gasteiger partial charge >= 0.3 is 0 Å². The number of aryl methyl sites for hydroxylation is 2. The summed E-state index contributed by atoms with van der Waals surface area (Å²) in [6.07, 6.45) is 4.30. The number of likely N-dealkylation sites (N-methyl/N-ethyl adjacent to an activating group) is 1. The van der Waals surface area contributed by atoms with E-state index in [0.717, 1.165) is 12.8 Å². The summed E-state index contributed by atoms with van der Waals surface area (Å²) in [5, 5.41) is 4.23. The predicted octanol–water partition coefficient (Wildman–Crippen LogP) is 0.504. The normalized spacial score (nSPS) is 27.0. The Morgan fingerprint density at radius 3 is 2.41 bits per heavy atom. The van der Waals surface area contributed by atoms with Crippen LogP contribution in [0.1, 0.15) is 31.2 Å². The Kier molecular flexibility index (Phi) is 3.56. The van der Waals surface area contributed by atoms with Crippen molar-refractivity contribution in [3.05, 3.63) is 11.8 Å². The van der Waals surface area contributed by atoms with Gasteiger partial charge in [0.1, 0.15) is 5.54 Å². The van der Waals surface area contributed by atoms with Crippen LogP contribution in [0.4, 0.5) is 0 Å². The van der Waals surface area contributed by atoms with Gasteiger partial charge in [-0.25, -0.2) is 8.42 Å². The van der Waals surface area contributed by atoms with Crippen LogP contribution >= 0.6 is 0 Å². The summed E-state index contributed by atoms with van der Waals surface area (Å²) in [4.78, 5) is 14.4. The van der Waals surface area contributed by atoms with Gasteiger partial charge < -0.3 is 4.90 Å². The molecule has 7 nitrogen and oxygen atoms in total. The average Bonchev–Trinajstić information content (AvgIpc) is 3.01. The fourth-order valence-corrected chi connectivity index (χ4v) is 5.99. The monoisotopic (exact) mass is 326 g/mol. The molecule has 1 unspecified atom stereocenters. The molecule has 0 bridgehead atoms. The van der Waals surface area contributed by atoms with Crippen LogP contribution in [0.5, 0.6) is 0 Å². The van der Waals surface area contributed by atoms with Crippen molar-refractivity contribution >= 4 is 15.9 Å². The number of piperidine rings is 1. The fourth-order valence-electron chi connectivity index (χ4n) is 3.85. The molecule has 2 aliphatic heterocycles. The third-order valence-electron chi connectivity index (χ3n) is 4.85. The Morgan fingerprint density at radius 2 is 1.82 bits per heavy atom. The lowest BCUT2D eigenvalue weighted by Crippen LogP contribution is -2.60. The van der Waals surface area contributed by atoms with Gasteiger partial charge in [-0.2, -0.15) is 9.40 Å². The quantitative estimate of drug-likeness (QED) is 0.793. The maximum absolute atomic E-state index is 13.2. The first kappa shape index (κ1) is 15.5. The van der Waals surface area contributed by atoms with E-state index in [1.807, 2.05) is 0 Å². The van der Waals surface area contributed by atoms with Gasteiger partial charge in [-0.05, 0) is 32.6 Å². The van der Waals surface area contributed by atoms with Crippen LogP contribution in [0.3, 0.4) is 0 Å². The van der Waals surface area contributed by atoms with E-state index in [0.29, 0.717) is 31.5 Å². The first-order valence-corrected chi connectivity index (χ1v) is 9.02. The van der Waals surface area contributed by atoms with Crippen LogP contribution in [-0.2, 0) is 21.9 Å². The number of aromatic nitrogens is 2. The standard InChI is InChI=1S/C14H22N4O3S/c1-11-10-15-17(3)12(11)22(20,21)18-9-5-7-14(18)6-4-8-16(2)13(14)19/h10H,4-9H2,1-3H3. The second-order valence-electron chi connectivity index (χ2n) is 6.30. The molecule has 2 fully saturated rings. The van der Waals surface area contributed by atoms with Crippen molar-refractivity contribution < 1.29 is 13.2 Å². The highest BCUT2D eigenvalue weighted by Gasteiger charge is 2.55. The van der Waals surface area contributed by atoms with Crippen molar-refractivity contribution in [2.24, 2.45) is 7.05 Å². The number of rotatable bonds is 2. The smallest absolute Gasteiger partial charge is 0.261 e. The summed E-state index contributed by atoms with van der Waals surface area (Å²) < 4.78 is 29.1. The molecule has 1 aromatic rings. The Bertz CT molecular complexity index is 692. The molecule has 0 radical (unpaired) electrons. The Labute approximate surface area is 130 Å². The van der Waals surface area contributed by atoms with Crippen molar-refractivity contribution in [1.29, 1.82) is 0 Å². The molecule has 22 heavy (non-hydrogen) atoms. The van der Waals surface area contributed by atoms with Gasteiger partial charge in [0.2, 0.25) is 5.91 Å². The maximum atomic E-state index is 13.2. The predicted molar refractivity (Wildman–Crippen MR) is 80.7 cm³/mol. The number of hydrogen-bond acceptors (Lipinski definition) is 4. The van der Waals surface area contributed by atoms with Gasteiger partial charge in [0, 0.05) is 32.7 Å². The first-order chi connectivity index (χ1) is 10.3. The highest BCUT2D eigenvalue weighted by atomic mass is 32.2. The minimum atomic E-state index is -3.73. The van der Waals surface area contributed by atoms with E-state index >= 15 is 0 Å². The third kappa shape index (κ3) is 2.00. The highest BCUT2D eigenvalue weighted by molar-refractivity contribution is 7.89. The lowest BCUT2D eigenvalue weighted by Gasteiger charge is -2.42. The van der Waals surface area contributed by atoms with Crippen LogP contribution in [-0.4, -0.2) is 59.0 Å². The molecule has 3 rings (SSSR count). The molecule has 1 aromatic heterocycles. The molecule has 1 amide bonds. The van der Waals surface area contributed by atoms with Gasteiger partial charge in [0.25, 0.3) is 10.0 Å². The van der Waals surface area contributed by atoms with Crippen LogP contribution in [0.15, 0.2) is 11.2 Å². The molecule has 0 N–H and O–H groups in total. The van der Waals surface area contributed by atoms with Crippen LogP contribution in [0.25, 0.3) is 0 Å². The SMILES string of the molecule is Cc1cnn(C)c1S(=O)(=O)N1CCCC12CCCN(C)C2=O. The summed E-state index contributed by atoms with van der Waals surface area (Å²) in [5.74, 6) is -0.0698. The number of hydrogen-bond donors (Lipinski definition) is 0. The van der Waals surface area contributed by atoms with E-state index in [1.54, 1.807) is 32.1 Å². The number of carbonyl (C=O) groups is 1. The summed E-state index contributed by atoms with van der Waals surface area (Å²) in [6.45, 7) is 2.82. The third-order valence-corrected chi connectivity index (χ3v) is 7.04. The minimum Gasteiger partial charge on any atom is -0.344 e. The molecular formula is C14H22N4O3S. The van der Waals surface area contributed by atoms with E-state index in [-0.39, 0.29) is 10.9 Å². The second-order valence-corrected chi connectivity index (χ2v) is 8.08. The molecule has 3 heterocycles. The highest BCUT2D eigenvalue weighted by Crippen LogP contribution is 2.41. The molecule has 1 atom stereocenters. The van der Waals surface area contributed by atoms with E-state index in [1.165, 1.54) is 8.99 Å². The summed E-state index contributed by atoms with van der Waals surface area (Å²) >= 11 is 0. The van der Waals surface area contributed by atoms with Gasteiger partial charge in [0.05, 0.1) is 6.20 Å². The van der Waals surface area contributed by atoms with Gasteiger partial charge in [0.15, 0.2) is 5.03 Å². The van der Waals surface area contributed by atoms with Crippen molar-refractivity contribution in [1.82, 2.24) is 19.0 Å². The average molecular weight is 326 g/mol. The van der Waals surface area contributed by atoms with Gasteiger partial charge in [-0.1, -0.05) is 0 Å². The molecule has 8 heteroatoms. The van der Waals surface area contributed by atoms with Crippen LogP contribution in [0.2, 0.25) is 0 Å². The molecule has 1 spiro atoms. The van der Waals surface area contributed by atoms with Crippen LogP contribution in [0, 0.1) is 6.92 Å². The number of nitrogens with zero attached hydrogens (tertiary/aromatic N) is 4. The topological polar surface area (TPSA) is 75.5 Å². The zero-order valence-corrected chi connectivity index (χ0v) is 14.1. The molecule has 0 saturated carbocycles. The van der Waals surface area contributed by atoms with E-state index < -0.39 is 15.6 Å². The Balaban J connectivity index is 2.09. The molecule has 2 saturated heterocycles. The summed E-state index contributed by atoms with van der Waals surface area (Å²) in [6, 6.07) is 0. The zero-order chi connectivity index (χ0) is 16.1. The van der Waals surface area contributed by atoms with E-state index in [9.17, 15) is 13.2 Å². The fraction of sp³-hybridized carbons (Fsp3) is 0.714. The second kappa shape index (κ2) is 5.06. The molecule has 122 valence electrons. The largest absolute Gasteiger partial charge is 0.344 e. The first-order valence-electron chi connectivity index (χ1n) is 7.58. The van der Waals surface area contributed by atoms with Crippen molar-refractivity contribution in [2.45, 2.75) is 43.2 Å². The molecule has 0 aliphatic carbocycles. The van der Waals surface area contributed by atoms with Crippen LogP contribution < -0.4 is 0 Å².